The van der Waals surface area contributed by atoms with E-state index < -0.39 is 6.03 Å². The SMILES string of the molecule is COc1ccccc1NC(=O)Nc1ccc(O)c(Cl)c1. The average molecular weight is 293 g/mol. The van der Waals surface area contributed by atoms with Gasteiger partial charge >= 0.3 is 6.03 Å². The second-order valence-corrected chi connectivity index (χ2v) is 4.35. The monoisotopic (exact) mass is 292 g/mol. The number of halogens is 1. The number of urea groups is 1. The van der Waals surface area contributed by atoms with Crippen LogP contribution in [0.2, 0.25) is 5.02 Å². The van der Waals surface area contributed by atoms with E-state index in [1.807, 2.05) is 6.07 Å². The largest absolute Gasteiger partial charge is 0.506 e. The molecular weight excluding hydrogens is 280 g/mol. The van der Waals surface area contributed by atoms with Gasteiger partial charge in [0.2, 0.25) is 0 Å². The minimum atomic E-state index is -0.434. The molecule has 0 saturated carbocycles. The van der Waals surface area contributed by atoms with Crippen LogP contribution in [0.3, 0.4) is 0 Å². The first kappa shape index (κ1) is 14.0. The number of phenols is 1. The number of ether oxygens (including phenoxy) is 1. The summed E-state index contributed by atoms with van der Waals surface area (Å²) in [5.74, 6) is 0.522. The van der Waals surface area contributed by atoms with Gasteiger partial charge in [-0.3, -0.25) is 0 Å². The Balaban J connectivity index is 2.07. The van der Waals surface area contributed by atoms with Gasteiger partial charge in [-0.25, -0.2) is 4.79 Å². The number of carbonyl (C=O) groups excluding carboxylic acids is 1. The van der Waals surface area contributed by atoms with E-state index in [0.29, 0.717) is 17.1 Å². The maximum atomic E-state index is 11.9. The smallest absolute Gasteiger partial charge is 0.323 e. The number of carbonyl (C=O) groups is 1. The zero-order chi connectivity index (χ0) is 14.5. The van der Waals surface area contributed by atoms with Crippen LogP contribution in [0.25, 0.3) is 0 Å². The molecule has 0 heterocycles. The summed E-state index contributed by atoms with van der Waals surface area (Å²) < 4.78 is 5.13. The second-order valence-electron chi connectivity index (χ2n) is 3.95. The van der Waals surface area contributed by atoms with Gasteiger partial charge in [0.25, 0.3) is 0 Å². The highest BCUT2D eigenvalue weighted by Gasteiger charge is 2.08. The number of amides is 2. The zero-order valence-electron chi connectivity index (χ0n) is 10.7. The third kappa shape index (κ3) is 3.33. The van der Waals surface area contributed by atoms with Gasteiger partial charge in [-0.05, 0) is 30.3 Å². The first-order chi connectivity index (χ1) is 9.60. The van der Waals surface area contributed by atoms with Crippen molar-refractivity contribution in [2.45, 2.75) is 0 Å². The summed E-state index contributed by atoms with van der Waals surface area (Å²) >= 11 is 5.76. The third-order valence-corrected chi connectivity index (χ3v) is 2.86. The topological polar surface area (TPSA) is 70.6 Å². The number of methoxy groups -OCH3 is 1. The lowest BCUT2D eigenvalue weighted by Gasteiger charge is -2.11. The van der Waals surface area contributed by atoms with E-state index in [4.69, 9.17) is 16.3 Å². The molecule has 2 aromatic carbocycles. The molecule has 3 N–H and O–H groups in total. The lowest BCUT2D eigenvalue weighted by atomic mass is 10.3. The predicted molar refractivity (Wildman–Crippen MR) is 78.8 cm³/mol. The molecule has 20 heavy (non-hydrogen) atoms. The Bertz CT molecular complexity index is 632. The van der Waals surface area contributed by atoms with Crippen molar-refractivity contribution in [2.24, 2.45) is 0 Å². The summed E-state index contributed by atoms with van der Waals surface area (Å²) in [6.07, 6.45) is 0. The molecule has 0 radical (unpaired) electrons. The summed E-state index contributed by atoms with van der Waals surface area (Å²) in [6, 6.07) is 11.0. The van der Waals surface area contributed by atoms with Crippen LogP contribution in [0.15, 0.2) is 42.5 Å². The van der Waals surface area contributed by atoms with Crippen molar-refractivity contribution in [3.8, 4) is 11.5 Å². The number of anilines is 2. The van der Waals surface area contributed by atoms with Crippen molar-refractivity contribution >= 4 is 29.0 Å². The molecule has 6 heteroatoms. The zero-order valence-corrected chi connectivity index (χ0v) is 11.4. The molecule has 0 fully saturated rings. The van der Waals surface area contributed by atoms with Crippen molar-refractivity contribution in [2.75, 3.05) is 17.7 Å². The van der Waals surface area contributed by atoms with Crippen LogP contribution in [-0.2, 0) is 0 Å². The summed E-state index contributed by atoms with van der Waals surface area (Å²) in [5.41, 5.74) is 1.03. The Kier molecular flexibility index (Phi) is 4.32. The van der Waals surface area contributed by atoms with Crippen molar-refractivity contribution in [1.82, 2.24) is 0 Å². The lowest BCUT2D eigenvalue weighted by Crippen LogP contribution is -2.19. The highest BCUT2D eigenvalue weighted by atomic mass is 35.5. The maximum absolute atomic E-state index is 11.9. The van der Waals surface area contributed by atoms with Gasteiger partial charge in [0, 0.05) is 5.69 Å². The van der Waals surface area contributed by atoms with Gasteiger partial charge in [-0.1, -0.05) is 23.7 Å². The minimum Gasteiger partial charge on any atom is -0.506 e. The first-order valence-corrected chi connectivity index (χ1v) is 6.17. The van der Waals surface area contributed by atoms with Gasteiger partial charge in [-0.15, -0.1) is 0 Å². The fraction of sp³-hybridized carbons (Fsp3) is 0.0714. The molecular formula is C14H13ClN2O3. The number of phenolic OH excluding ortho intramolecular Hbond substituents is 1. The molecule has 0 bridgehead atoms. The number of para-hydroxylation sites is 2. The number of hydrogen-bond donors (Lipinski definition) is 3. The standard InChI is InChI=1S/C14H13ClN2O3/c1-20-13-5-3-2-4-11(13)17-14(19)16-9-6-7-12(18)10(15)8-9/h2-8,18H,1H3,(H2,16,17,19). The van der Waals surface area contributed by atoms with Gasteiger partial charge in [0.15, 0.2) is 0 Å². The van der Waals surface area contributed by atoms with Gasteiger partial charge in [0.05, 0.1) is 17.8 Å². The van der Waals surface area contributed by atoms with Crippen LogP contribution in [-0.4, -0.2) is 18.2 Å². The first-order valence-electron chi connectivity index (χ1n) is 5.79. The number of hydrogen-bond acceptors (Lipinski definition) is 3. The van der Waals surface area contributed by atoms with Crippen LogP contribution in [0.5, 0.6) is 11.5 Å². The molecule has 0 spiro atoms. The Hall–Kier alpha value is -2.40. The van der Waals surface area contributed by atoms with E-state index in [1.54, 1.807) is 24.3 Å². The Morgan fingerprint density at radius 3 is 2.65 bits per heavy atom. The van der Waals surface area contributed by atoms with Crippen molar-refractivity contribution in [3.05, 3.63) is 47.5 Å². The van der Waals surface area contributed by atoms with E-state index in [0.717, 1.165) is 0 Å². The highest BCUT2D eigenvalue weighted by molar-refractivity contribution is 6.32. The number of aromatic hydroxyl groups is 1. The summed E-state index contributed by atoms with van der Waals surface area (Å²) in [6.45, 7) is 0. The van der Waals surface area contributed by atoms with Crippen LogP contribution in [0, 0.1) is 0 Å². The summed E-state index contributed by atoms with van der Waals surface area (Å²) in [4.78, 5) is 11.9. The maximum Gasteiger partial charge on any atom is 0.323 e. The molecule has 0 aliphatic heterocycles. The van der Waals surface area contributed by atoms with Crippen LogP contribution in [0.4, 0.5) is 16.2 Å². The normalized spacial score (nSPS) is 9.90. The summed E-state index contributed by atoms with van der Waals surface area (Å²) in [5, 5.41) is 14.7. The van der Waals surface area contributed by atoms with Gasteiger partial charge < -0.3 is 20.5 Å². The van der Waals surface area contributed by atoms with E-state index in [1.165, 1.54) is 19.2 Å². The molecule has 0 atom stereocenters. The van der Waals surface area contributed by atoms with Crippen LogP contribution in [0.1, 0.15) is 0 Å². The molecule has 0 aliphatic rings. The Morgan fingerprint density at radius 2 is 1.95 bits per heavy atom. The van der Waals surface area contributed by atoms with Gasteiger partial charge in [-0.2, -0.15) is 0 Å². The molecule has 0 aliphatic carbocycles. The summed E-state index contributed by atoms with van der Waals surface area (Å²) in [7, 11) is 1.53. The van der Waals surface area contributed by atoms with E-state index in [9.17, 15) is 9.90 Å². The number of benzene rings is 2. The van der Waals surface area contributed by atoms with Crippen molar-refractivity contribution in [1.29, 1.82) is 0 Å². The Morgan fingerprint density at radius 1 is 1.20 bits per heavy atom. The fourth-order valence-corrected chi connectivity index (χ4v) is 1.80. The highest BCUT2D eigenvalue weighted by Crippen LogP contribution is 2.27. The molecule has 5 nitrogen and oxygen atoms in total. The predicted octanol–water partition coefficient (Wildman–Crippen LogP) is 3.70. The third-order valence-electron chi connectivity index (χ3n) is 2.56. The fourth-order valence-electron chi connectivity index (χ4n) is 1.62. The number of rotatable bonds is 3. The Labute approximate surface area is 121 Å². The van der Waals surface area contributed by atoms with Crippen LogP contribution < -0.4 is 15.4 Å². The molecule has 2 rings (SSSR count). The molecule has 104 valence electrons. The minimum absolute atomic E-state index is 0.0395. The van der Waals surface area contributed by atoms with Crippen LogP contribution >= 0.6 is 11.6 Å². The quantitative estimate of drug-likeness (QED) is 0.755. The van der Waals surface area contributed by atoms with E-state index in [-0.39, 0.29) is 10.8 Å². The number of nitrogens with one attached hydrogen (secondary N) is 2. The molecule has 2 aromatic rings. The second kappa shape index (κ2) is 6.16. The average Bonchev–Trinajstić information content (AvgIpc) is 2.43. The van der Waals surface area contributed by atoms with Gasteiger partial charge in [0.1, 0.15) is 11.5 Å². The lowest BCUT2D eigenvalue weighted by molar-refractivity contribution is 0.262. The molecule has 0 unspecified atom stereocenters. The van der Waals surface area contributed by atoms with E-state index >= 15 is 0 Å². The van der Waals surface area contributed by atoms with Crippen molar-refractivity contribution < 1.29 is 14.6 Å². The molecule has 2 amide bonds. The molecule has 0 aromatic heterocycles. The van der Waals surface area contributed by atoms with Crippen molar-refractivity contribution in [3.63, 3.8) is 0 Å². The van der Waals surface area contributed by atoms with E-state index in [2.05, 4.69) is 10.6 Å². The molecule has 0 saturated heterocycles.